The Hall–Kier alpha value is 0.110. The average Bonchev–Trinajstić information content (AvgIpc) is 2.38. The van der Waals surface area contributed by atoms with Crippen LogP contribution in [0.4, 0.5) is 0 Å². The van der Waals surface area contributed by atoms with Crippen molar-refractivity contribution in [3.05, 3.63) is 0 Å². The second-order valence-electron chi connectivity index (χ2n) is 4.36. The SMILES string of the molecule is CCCCCCCOP(=O)(OCCC)OCCC. The van der Waals surface area contributed by atoms with Crippen molar-refractivity contribution in [3.63, 3.8) is 0 Å². The van der Waals surface area contributed by atoms with Crippen LogP contribution in [0.2, 0.25) is 0 Å². The summed E-state index contributed by atoms with van der Waals surface area (Å²) < 4.78 is 27.9. The van der Waals surface area contributed by atoms with E-state index in [4.69, 9.17) is 13.6 Å². The molecular formula is C13H29O4P. The molecule has 110 valence electrons. The van der Waals surface area contributed by atoms with E-state index in [9.17, 15) is 4.57 Å². The Bertz CT molecular complexity index is 209. The fourth-order valence-corrected chi connectivity index (χ4v) is 2.79. The number of hydrogen-bond acceptors (Lipinski definition) is 4. The first-order chi connectivity index (χ1) is 8.68. The van der Waals surface area contributed by atoms with Crippen LogP contribution in [-0.4, -0.2) is 19.8 Å². The monoisotopic (exact) mass is 280 g/mol. The van der Waals surface area contributed by atoms with Gasteiger partial charge in [0.15, 0.2) is 0 Å². The summed E-state index contributed by atoms with van der Waals surface area (Å²) in [7, 11) is -3.31. The van der Waals surface area contributed by atoms with Gasteiger partial charge in [0, 0.05) is 0 Å². The highest BCUT2D eigenvalue weighted by Crippen LogP contribution is 2.49. The predicted molar refractivity (Wildman–Crippen MR) is 74.8 cm³/mol. The van der Waals surface area contributed by atoms with E-state index >= 15 is 0 Å². The van der Waals surface area contributed by atoms with Crippen LogP contribution < -0.4 is 0 Å². The van der Waals surface area contributed by atoms with Crippen LogP contribution in [0.3, 0.4) is 0 Å². The van der Waals surface area contributed by atoms with Crippen molar-refractivity contribution in [1.82, 2.24) is 0 Å². The van der Waals surface area contributed by atoms with Gasteiger partial charge in [-0.2, -0.15) is 0 Å². The molecule has 4 nitrogen and oxygen atoms in total. The zero-order valence-electron chi connectivity index (χ0n) is 12.2. The maximum absolute atomic E-state index is 12.2. The molecule has 18 heavy (non-hydrogen) atoms. The van der Waals surface area contributed by atoms with Crippen LogP contribution in [0.5, 0.6) is 0 Å². The molecule has 0 spiro atoms. The maximum atomic E-state index is 12.2. The Balaban J connectivity index is 3.81. The van der Waals surface area contributed by atoms with Crippen LogP contribution in [0.15, 0.2) is 0 Å². The molecule has 0 aromatic carbocycles. The van der Waals surface area contributed by atoms with Crippen LogP contribution in [-0.2, 0) is 18.1 Å². The van der Waals surface area contributed by atoms with E-state index in [1.807, 2.05) is 13.8 Å². The van der Waals surface area contributed by atoms with Crippen molar-refractivity contribution in [1.29, 1.82) is 0 Å². The van der Waals surface area contributed by atoms with E-state index in [0.717, 1.165) is 25.7 Å². The Morgan fingerprint density at radius 1 is 0.667 bits per heavy atom. The number of phosphoric acid groups is 1. The summed E-state index contributed by atoms with van der Waals surface area (Å²) in [6, 6.07) is 0. The molecule has 0 aliphatic rings. The fraction of sp³-hybridized carbons (Fsp3) is 1.00. The summed E-state index contributed by atoms with van der Waals surface area (Å²) >= 11 is 0. The van der Waals surface area contributed by atoms with Crippen molar-refractivity contribution in [2.75, 3.05) is 19.8 Å². The van der Waals surface area contributed by atoms with E-state index in [2.05, 4.69) is 6.92 Å². The Labute approximate surface area is 112 Å². The van der Waals surface area contributed by atoms with E-state index in [-0.39, 0.29) is 0 Å². The van der Waals surface area contributed by atoms with Crippen LogP contribution in [0, 0.1) is 0 Å². The van der Waals surface area contributed by atoms with Gasteiger partial charge in [0.05, 0.1) is 19.8 Å². The third-order valence-corrected chi connectivity index (χ3v) is 3.90. The first kappa shape index (κ1) is 18.1. The number of hydrogen-bond donors (Lipinski definition) is 0. The first-order valence-electron chi connectivity index (χ1n) is 7.22. The molecule has 0 saturated heterocycles. The average molecular weight is 280 g/mol. The summed E-state index contributed by atoms with van der Waals surface area (Å²) in [4.78, 5) is 0. The van der Waals surface area contributed by atoms with Gasteiger partial charge < -0.3 is 0 Å². The van der Waals surface area contributed by atoms with Crippen molar-refractivity contribution in [3.8, 4) is 0 Å². The molecule has 0 rings (SSSR count). The lowest BCUT2D eigenvalue weighted by Gasteiger charge is -2.17. The van der Waals surface area contributed by atoms with Gasteiger partial charge in [-0.05, 0) is 19.3 Å². The second kappa shape index (κ2) is 12.2. The summed E-state index contributed by atoms with van der Waals surface area (Å²) in [6.45, 7) is 7.40. The molecular weight excluding hydrogens is 251 g/mol. The largest absolute Gasteiger partial charge is 0.474 e. The zero-order valence-corrected chi connectivity index (χ0v) is 13.0. The Morgan fingerprint density at radius 2 is 1.17 bits per heavy atom. The third-order valence-electron chi connectivity index (χ3n) is 2.40. The first-order valence-corrected chi connectivity index (χ1v) is 8.68. The van der Waals surface area contributed by atoms with E-state index in [1.165, 1.54) is 19.3 Å². The molecule has 0 aliphatic heterocycles. The highest BCUT2D eigenvalue weighted by atomic mass is 31.2. The van der Waals surface area contributed by atoms with Crippen molar-refractivity contribution in [2.24, 2.45) is 0 Å². The molecule has 0 saturated carbocycles. The lowest BCUT2D eigenvalue weighted by molar-refractivity contribution is 0.111. The highest BCUT2D eigenvalue weighted by Gasteiger charge is 2.25. The van der Waals surface area contributed by atoms with Crippen molar-refractivity contribution >= 4 is 7.82 Å². The van der Waals surface area contributed by atoms with Gasteiger partial charge in [0.2, 0.25) is 0 Å². The van der Waals surface area contributed by atoms with Gasteiger partial charge in [-0.25, -0.2) is 4.57 Å². The second-order valence-corrected chi connectivity index (χ2v) is 6.03. The number of phosphoric ester groups is 1. The number of rotatable bonds is 13. The molecule has 0 radical (unpaired) electrons. The summed E-state index contributed by atoms with van der Waals surface area (Å²) in [5, 5.41) is 0. The van der Waals surface area contributed by atoms with Crippen molar-refractivity contribution in [2.45, 2.75) is 65.7 Å². The lowest BCUT2D eigenvalue weighted by Crippen LogP contribution is -2.03. The minimum atomic E-state index is -3.31. The minimum Gasteiger partial charge on any atom is -0.287 e. The molecule has 5 heteroatoms. The van der Waals surface area contributed by atoms with E-state index in [1.54, 1.807) is 0 Å². The van der Waals surface area contributed by atoms with Gasteiger partial charge in [-0.1, -0.05) is 46.5 Å². The number of unbranched alkanes of at least 4 members (excludes halogenated alkanes) is 4. The van der Waals surface area contributed by atoms with Crippen LogP contribution in [0.1, 0.15) is 65.7 Å². The van der Waals surface area contributed by atoms with Crippen molar-refractivity contribution < 1.29 is 18.1 Å². The standard InChI is InChI=1S/C13H29O4P/c1-4-7-8-9-10-13-17-18(14,15-11-5-2)16-12-6-3/h4-13H2,1-3H3. The molecule has 0 atom stereocenters. The zero-order chi connectivity index (χ0) is 13.7. The quantitative estimate of drug-likeness (QED) is 0.354. The molecule has 0 bridgehead atoms. The van der Waals surface area contributed by atoms with Gasteiger partial charge >= 0.3 is 7.82 Å². The van der Waals surface area contributed by atoms with Crippen LogP contribution in [0.25, 0.3) is 0 Å². The maximum Gasteiger partial charge on any atom is 0.474 e. The normalized spacial score (nSPS) is 11.9. The minimum absolute atomic E-state index is 0.414. The molecule has 0 N–H and O–H groups in total. The summed E-state index contributed by atoms with van der Waals surface area (Å²) in [6.07, 6.45) is 7.30. The van der Waals surface area contributed by atoms with Gasteiger partial charge in [-0.3, -0.25) is 13.6 Å². The predicted octanol–water partition coefficient (Wildman–Crippen LogP) is 4.93. The molecule has 0 aliphatic carbocycles. The molecule has 0 heterocycles. The highest BCUT2D eigenvalue weighted by molar-refractivity contribution is 7.48. The smallest absolute Gasteiger partial charge is 0.287 e. The molecule has 0 unspecified atom stereocenters. The topological polar surface area (TPSA) is 44.8 Å². The summed E-state index contributed by atoms with van der Waals surface area (Å²) in [5.74, 6) is 0. The van der Waals surface area contributed by atoms with E-state index < -0.39 is 7.82 Å². The Kier molecular flexibility index (Phi) is 12.2. The third kappa shape index (κ3) is 10.1. The fourth-order valence-electron chi connectivity index (χ4n) is 1.40. The molecule has 0 aromatic heterocycles. The molecule has 0 amide bonds. The van der Waals surface area contributed by atoms with Gasteiger partial charge in [-0.15, -0.1) is 0 Å². The summed E-state index contributed by atoms with van der Waals surface area (Å²) in [5.41, 5.74) is 0. The van der Waals surface area contributed by atoms with Crippen LogP contribution >= 0.6 is 7.82 Å². The van der Waals surface area contributed by atoms with E-state index in [0.29, 0.717) is 19.8 Å². The molecule has 0 aromatic rings. The molecule has 0 fully saturated rings. The van der Waals surface area contributed by atoms with Gasteiger partial charge in [0.25, 0.3) is 0 Å². The lowest BCUT2D eigenvalue weighted by atomic mass is 10.2. The van der Waals surface area contributed by atoms with Gasteiger partial charge in [0.1, 0.15) is 0 Å². The Morgan fingerprint density at radius 3 is 1.67 bits per heavy atom.